The van der Waals surface area contributed by atoms with Gasteiger partial charge in [-0.3, -0.25) is 9.36 Å². The van der Waals surface area contributed by atoms with Crippen molar-refractivity contribution in [3.05, 3.63) is 59.4 Å². The Morgan fingerprint density at radius 1 is 1.09 bits per heavy atom. The summed E-state index contributed by atoms with van der Waals surface area (Å²) in [7, 11) is 0. The van der Waals surface area contributed by atoms with Crippen LogP contribution in [0.4, 0.5) is 0 Å². The minimum Gasteiger partial charge on any atom is -0.285 e. The van der Waals surface area contributed by atoms with E-state index in [1.807, 2.05) is 56.3 Å². The van der Waals surface area contributed by atoms with Crippen molar-refractivity contribution >= 4 is 27.5 Å². The standard InChI is InChI=1S/C18H18N2OS/c1-13(2)12-17(21)19-18-20(14-8-4-3-5-9-14)15-10-6-7-11-16(15)22-18/h3-11,13H,12H2,1-2H3. The fourth-order valence-corrected chi connectivity index (χ4v) is 3.43. The third kappa shape index (κ3) is 3.02. The molecular weight excluding hydrogens is 292 g/mol. The molecule has 0 aliphatic rings. The highest BCUT2D eigenvalue weighted by Gasteiger charge is 2.09. The van der Waals surface area contributed by atoms with E-state index >= 15 is 0 Å². The molecular formula is C18H18N2OS. The Bertz CT molecular complexity index is 859. The first-order chi connectivity index (χ1) is 10.6. The lowest BCUT2D eigenvalue weighted by molar-refractivity contribution is -0.118. The maximum atomic E-state index is 12.1. The van der Waals surface area contributed by atoms with E-state index in [1.165, 1.54) is 0 Å². The van der Waals surface area contributed by atoms with Gasteiger partial charge in [0.2, 0.25) is 5.91 Å². The Labute approximate surface area is 133 Å². The molecule has 0 radical (unpaired) electrons. The van der Waals surface area contributed by atoms with Crippen molar-refractivity contribution in [3.63, 3.8) is 0 Å². The fourth-order valence-electron chi connectivity index (χ4n) is 2.38. The number of carbonyl (C=O) groups is 1. The number of amides is 1. The Balaban J connectivity index is 2.22. The predicted octanol–water partition coefficient (Wildman–Crippen LogP) is 4.17. The highest BCUT2D eigenvalue weighted by atomic mass is 32.1. The zero-order valence-electron chi connectivity index (χ0n) is 12.7. The molecule has 0 saturated heterocycles. The molecule has 22 heavy (non-hydrogen) atoms. The molecule has 0 bridgehead atoms. The van der Waals surface area contributed by atoms with Crippen LogP contribution in [0.25, 0.3) is 15.9 Å². The Hall–Kier alpha value is -2.20. The van der Waals surface area contributed by atoms with Crippen LogP contribution in [-0.2, 0) is 4.79 Å². The SMILES string of the molecule is CC(C)CC(=O)N=c1sc2ccccc2n1-c1ccccc1. The van der Waals surface area contributed by atoms with Gasteiger partial charge < -0.3 is 0 Å². The maximum absolute atomic E-state index is 12.1. The van der Waals surface area contributed by atoms with Crippen LogP contribution < -0.4 is 4.80 Å². The third-order valence-electron chi connectivity index (χ3n) is 3.32. The molecule has 0 saturated carbocycles. The van der Waals surface area contributed by atoms with Crippen LogP contribution in [0.5, 0.6) is 0 Å². The van der Waals surface area contributed by atoms with Crippen molar-refractivity contribution in [3.8, 4) is 5.69 Å². The minimum atomic E-state index is -0.0637. The topological polar surface area (TPSA) is 34.4 Å². The van der Waals surface area contributed by atoms with Crippen LogP contribution in [0.3, 0.4) is 0 Å². The Morgan fingerprint density at radius 3 is 2.50 bits per heavy atom. The quantitative estimate of drug-likeness (QED) is 0.715. The molecule has 0 spiro atoms. The van der Waals surface area contributed by atoms with Gasteiger partial charge in [-0.1, -0.05) is 55.5 Å². The van der Waals surface area contributed by atoms with E-state index in [-0.39, 0.29) is 5.91 Å². The zero-order chi connectivity index (χ0) is 15.5. The second kappa shape index (κ2) is 6.28. The van der Waals surface area contributed by atoms with E-state index in [4.69, 9.17) is 0 Å². The monoisotopic (exact) mass is 310 g/mol. The average Bonchev–Trinajstić information content (AvgIpc) is 2.84. The van der Waals surface area contributed by atoms with Crippen molar-refractivity contribution < 1.29 is 4.79 Å². The summed E-state index contributed by atoms with van der Waals surface area (Å²) < 4.78 is 3.18. The second-order valence-electron chi connectivity index (χ2n) is 5.63. The lowest BCUT2D eigenvalue weighted by Crippen LogP contribution is -2.15. The summed E-state index contributed by atoms with van der Waals surface area (Å²) in [4.78, 5) is 17.2. The summed E-state index contributed by atoms with van der Waals surface area (Å²) in [5.41, 5.74) is 2.10. The number of rotatable bonds is 3. The lowest BCUT2D eigenvalue weighted by atomic mass is 10.1. The Morgan fingerprint density at radius 2 is 1.77 bits per heavy atom. The molecule has 0 aliphatic carbocycles. The summed E-state index contributed by atoms with van der Waals surface area (Å²) in [6.45, 7) is 4.06. The first-order valence-corrected chi connectivity index (χ1v) is 8.20. The molecule has 112 valence electrons. The van der Waals surface area contributed by atoms with Gasteiger partial charge in [-0.2, -0.15) is 4.99 Å². The molecule has 3 aromatic rings. The smallest absolute Gasteiger partial charge is 0.248 e. The van der Waals surface area contributed by atoms with Crippen LogP contribution in [0, 0.1) is 5.92 Å². The van der Waals surface area contributed by atoms with E-state index < -0.39 is 0 Å². The number of hydrogen-bond donors (Lipinski definition) is 0. The fraction of sp³-hybridized carbons (Fsp3) is 0.222. The van der Waals surface area contributed by atoms with E-state index in [1.54, 1.807) is 11.3 Å². The molecule has 2 aromatic carbocycles. The number of aromatic nitrogens is 1. The number of hydrogen-bond acceptors (Lipinski definition) is 2. The van der Waals surface area contributed by atoms with Crippen LogP contribution in [0.2, 0.25) is 0 Å². The highest BCUT2D eigenvalue weighted by molar-refractivity contribution is 7.16. The van der Waals surface area contributed by atoms with E-state index in [0.717, 1.165) is 20.7 Å². The van der Waals surface area contributed by atoms with Gasteiger partial charge in [0.25, 0.3) is 0 Å². The Kier molecular flexibility index (Phi) is 4.20. The van der Waals surface area contributed by atoms with E-state index in [9.17, 15) is 4.79 Å². The van der Waals surface area contributed by atoms with E-state index in [2.05, 4.69) is 21.7 Å². The van der Waals surface area contributed by atoms with E-state index in [0.29, 0.717) is 12.3 Å². The molecule has 0 atom stereocenters. The molecule has 4 heteroatoms. The normalized spacial score (nSPS) is 12.2. The van der Waals surface area contributed by atoms with Crippen molar-refractivity contribution in [1.29, 1.82) is 0 Å². The van der Waals surface area contributed by atoms with Crippen LogP contribution in [0.1, 0.15) is 20.3 Å². The van der Waals surface area contributed by atoms with Crippen molar-refractivity contribution in [2.45, 2.75) is 20.3 Å². The summed E-state index contributed by atoms with van der Waals surface area (Å²) in [6, 6.07) is 18.2. The second-order valence-corrected chi connectivity index (χ2v) is 6.64. The first-order valence-electron chi connectivity index (χ1n) is 7.38. The van der Waals surface area contributed by atoms with Gasteiger partial charge in [0.05, 0.1) is 10.2 Å². The predicted molar refractivity (Wildman–Crippen MR) is 91.2 cm³/mol. The number of para-hydroxylation sites is 2. The molecule has 3 nitrogen and oxygen atoms in total. The van der Waals surface area contributed by atoms with Gasteiger partial charge >= 0.3 is 0 Å². The molecule has 0 N–H and O–H groups in total. The lowest BCUT2D eigenvalue weighted by Gasteiger charge is -2.05. The van der Waals surface area contributed by atoms with Gasteiger partial charge in [-0.25, -0.2) is 0 Å². The van der Waals surface area contributed by atoms with Crippen molar-refractivity contribution in [1.82, 2.24) is 4.57 Å². The molecule has 1 heterocycles. The summed E-state index contributed by atoms with van der Waals surface area (Å²) in [5.74, 6) is 0.252. The maximum Gasteiger partial charge on any atom is 0.248 e. The zero-order valence-corrected chi connectivity index (χ0v) is 13.5. The number of nitrogens with zero attached hydrogens (tertiary/aromatic N) is 2. The van der Waals surface area contributed by atoms with Crippen LogP contribution in [0.15, 0.2) is 59.6 Å². The molecule has 1 amide bonds. The molecule has 0 aliphatic heterocycles. The first kappa shape index (κ1) is 14.7. The largest absolute Gasteiger partial charge is 0.285 e. The van der Waals surface area contributed by atoms with Gasteiger partial charge in [0.1, 0.15) is 0 Å². The number of thiazole rings is 1. The summed E-state index contributed by atoms with van der Waals surface area (Å²) >= 11 is 1.55. The molecule has 3 rings (SSSR count). The summed E-state index contributed by atoms with van der Waals surface area (Å²) in [6.07, 6.45) is 0.475. The summed E-state index contributed by atoms with van der Waals surface area (Å²) in [5, 5.41) is 0. The van der Waals surface area contributed by atoms with Crippen molar-refractivity contribution in [2.75, 3.05) is 0 Å². The van der Waals surface area contributed by atoms with Gasteiger partial charge in [-0.15, -0.1) is 0 Å². The molecule has 0 unspecified atom stereocenters. The van der Waals surface area contributed by atoms with Crippen LogP contribution in [-0.4, -0.2) is 10.5 Å². The number of fused-ring (bicyclic) bond motifs is 1. The third-order valence-corrected chi connectivity index (χ3v) is 4.34. The number of benzene rings is 2. The van der Waals surface area contributed by atoms with Gasteiger partial charge in [0.15, 0.2) is 4.80 Å². The minimum absolute atomic E-state index is 0.0637. The van der Waals surface area contributed by atoms with Crippen LogP contribution >= 0.6 is 11.3 Å². The van der Waals surface area contributed by atoms with Crippen molar-refractivity contribution in [2.24, 2.45) is 10.9 Å². The average molecular weight is 310 g/mol. The molecule has 1 aromatic heterocycles. The van der Waals surface area contributed by atoms with Gasteiger partial charge in [0, 0.05) is 12.1 Å². The number of carbonyl (C=O) groups excluding carboxylic acids is 1. The highest BCUT2D eigenvalue weighted by Crippen LogP contribution is 2.20. The van der Waals surface area contributed by atoms with Gasteiger partial charge in [-0.05, 0) is 30.2 Å². The molecule has 0 fully saturated rings.